The molecule has 0 aliphatic heterocycles. The molecular formula is C16H17N5O2S2. The molecule has 3 aromatic rings. The summed E-state index contributed by atoms with van der Waals surface area (Å²) in [5.41, 5.74) is 1.35. The molecule has 1 amide bonds. The molecule has 0 bridgehead atoms. The number of hydrogen-bond donors (Lipinski definition) is 1. The number of hydrogen-bond acceptors (Lipinski definition) is 8. The SMILES string of the molecule is COc1cccc(NC(=O)CSc2ncnc3nc(N(C)C)sc23)c1. The smallest absolute Gasteiger partial charge is 0.234 e. The molecule has 0 saturated heterocycles. The van der Waals surface area contributed by atoms with Crippen LogP contribution in [0.3, 0.4) is 0 Å². The molecule has 2 aromatic heterocycles. The van der Waals surface area contributed by atoms with E-state index in [2.05, 4.69) is 20.3 Å². The monoisotopic (exact) mass is 375 g/mol. The Labute approximate surface area is 153 Å². The summed E-state index contributed by atoms with van der Waals surface area (Å²) in [6.45, 7) is 0. The lowest BCUT2D eigenvalue weighted by molar-refractivity contribution is -0.113. The average molecular weight is 375 g/mol. The van der Waals surface area contributed by atoms with Gasteiger partial charge < -0.3 is 15.0 Å². The second-order valence-electron chi connectivity index (χ2n) is 5.29. The van der Waals surface area contributed by atoms with E-state index in [1.807, 2.05) is 37.2 Å². The van der Waals surface area contributed by atoms with E-state index >= 15 is 0 Å². The van der Waals surface area contributed by atoms with Crippen molar-refractivity contribution < 1.29 is 9.53 Å². The van der Waals surface area contributed by atoms with Crippen molar-refractivity contribution in [2.75, 3.05) is 37.2 Å². The summed E-state index contributed by atoms with van der Waals surface area (Å²) in [5, 5.41) is 4.47. The minimum atomic E-state index is -0.109. The Bertz CT molecular complexity index is 897. The third kappa shape index (κ3) is 4.18. The number of methoxy groups -OCH3 is 1. The van der Waals surface area contributed by atoms with Crippen molar-refractivity contribution >= 4 is 50.2 Å². The zero-order valence-corrected chi connectivity index (χ0v) is 15.6. The maximum absolute atomic E-state index is 12.2. The maximum Gasteiger partial charge on any atom is 0.234 e. The summed E-state index contributed by atoms with van der Waals surface area (Å²) < 4.78 is 6.05. The number of carbonyl (C=O) groups excluding carboxylic acids is 1. The minimum Gasteiger partial charge on any atom is -0.497 e. The molecule has 0 radical (unpaired) electrons. The van der Waals surface area contributed by atoms with Crippen LogP contribution in [0.2, 0.25) is 0 Å². The number of nitrogens with zero attached hydrogens (tertiary/aromatic N) is 4. The van der Waals surface area contributed by atoms with Crippen LogP contribution in [0, 0.1) is 0 Å². The van der Waals surface area contributed by atoms with E-state index in [4.69, 9.17) is 4.74 Å². The number of carbonyl (C=O) groups is 1. The molecule has 3 rings (SSSR count). The molecule has 0 spiro atoms. The van der Waals surface area contributed by atoms with Crippen molar-refractivity contribution in [2.45, 2.75) is 5.03 Å². The Hall–Kier alpha value is -2.39. The lowest BCUT2D eigenvalue weighted by Gasteiger charge is -2.07. The summed E-state index contributed by atoms with van der Waals surface area (Å²) in [5.74, 6) is 0.838. The van der Waals surface area contributed by atoms with Gasteiger partial charge in [-0.25, -0.2) is 9.97 Å². The number of benzene rings is 1. The standard InChI is InChI=1S/C16H17N5O2S2/c1-21(2)16-20-14-13(25-16)15(18-9-17-14)24-8-12(22)19-10-5-4-6-11(7-10)23-3/h4-7,9H,8H2,1-3H3,(H,19,22). The maximum atomic E-state index is 12.2. The largest absolute Gasteiger partial charge is 0.497 e. The first-order valence-corrected chi connectivity index (χ1v) is 9.22. The number of nitrogens with one attached hydrogen (secondary N) is 1. The Morgan fingerprint density at radius 1 is 1.36 bits per heavy atom. The van der Waals surface area contributed by atoms with Gasteiger partial charge in [-0.2, -0.15) is 4.98 Å². The number of aromatic nitrogens is 3. The van der Waals surface area contributed by atoms with Crippen molar-refractivity contribution in [3.8, 4) is 5.75 Å². The van der Waals surface area contributed by atoms with Crippen LogP contribution >= 0.6 is 23.1 Å². The Kier molecular flexibility index (Phi) is 5.34. The van der Waals surface area contributed by atoms with Crippen LogP contribution in [-0.4, -0.2) is 47.8 Å². The van der Waals surface area contributed by atoms with Crippen LogP contribution in [0.4, 0.5) is 10.8 Å². The quantitative estimate of drug-likeness (QED) is 0.524. The summed E-state index contributed by atoms with van der Waals surface area (Å²) in [6.07, 6.45) is 1.48. The van der Waals surface area contributed by atoms with Crippen LogP contribution in [0.25, 0.3) is 10.3 Å². The fraction of sp³-hybridized carbons (Fsp3) is 0.250. The van der Waals surface area contributed by atoms with Crippen molar-refractivity contribution in [3.63, 3.8) is 0 Å². The van der Waals surface area contributed by atoms with E-state index in [-0.39, 0.29) is 11.7 Å². The molecule has 1 aromatic carbocycles. The van der Waals surface area contributed by atoms with Gasteiger partial charge in [0, 0.05) is 25.8 Å². The van der Waals surface area contributed by atoms with Crippen molar-refractivity contribution in [1.29, 1.82) is 0 Å². The second kappa shape index (κ2) is 7.66. The molecule has 0 saturated carbocycles. The van der Waals surface area contributed by atoms with E-state index in [1.165, 1.54) is 29.4 Å². The lowest BCUT2D eigenvalue weighted by atomic mass is 10.3. The van der Waals surface area contributed by atoms with E-state index in [1.54, 1.807) is 13.2 Å². The predicted octanol–water partition coefficient (Wildman–Crippen LogP) is 2.89. The molecule has 7 nitrogen and oxygen atoms in total. The molecular weight excluding hydrogens is 358 g/mol. The summed E-state index contributed by atoms with van der Waals surface area (Å²) in [7, 11) is 5.45. The fourth-order valence-corrected chi connectivity index (χ4v) is 3.86. The number of thioether (sulfide) groups is 1. The highest BCUT2D eigenvalue weighted by molar-refractivity contribution is 8.00. The number of fused-ring (bicyclic) bond motifs is 1. The molecule has 1 N–H and O–H groups in total. The first-order chi connectivity index (χ1) is 12.1. The number of rotatable bonds is 6. The number of anilines is 2. The van der Waals surface area contributed by atoms with Crippen LogP contribution < -0.4 is 15.0 Å². The van der Waals surface area contributed by atoms with Gasteiger partial charge in [-0.15, -0.1) is 0 Å². The minimum absolute atomic E-state index is 0.109. The van der Waals surface area contributed by atoms with Gasteiger partial charge >= 0.3 is 0 Å². The molecule has 25 heavy (non-hydrogen) atoms. The number of amides is 1. The third-order valence-corrected chi connectivity index (χ3v) is 5.56. The van der Waals surface area contributed by atoms with Gasteiger partial charge in [0.25, 0.3) is 0 Å². The molecule has 0 unspecified atom stereocenters. The number of thiazole rings is 1. The second-order valence-corrected chi connectivity index (χ2v) is 7.23. The molecule has 2 heterocycles. The van der Waals surface area contributed by atoms with Crippen molar-refractivity contribution in [1.82, 2.24) is 15.0 Å². The van der Waals surface area contributed by atoms with Gasteiger partial charge in [-0.3, -0.25) is 4.79 Å². The van der Waals surface area contributed by atoms with Gasteiger partial charge in [0.2, 0.25) is 5.91 Å². The van der Waals surface area contributed by atoms with E-state index in [0.29, 0.717) is 17.1 Å². The molecule has 0 fully saturated rings. The third-order valence-electron chi connectivity index (χ3n) is 3.22. The van der Waals surface area contributed by atoms with Crippen molar-refractivity contribution in [3.05, 3.63) is 30.6 Å². The first-order valence-electron chi connectivity index (χ1n) is 7.42. The van der Waals surface area contributed by atoms with Gasteiger partial charge in [0.1, 0.15) is 21.8 Å². The highest BCUT2D eigenvalue weighted by Crippen LogP contribution is 2.32. The summed E-state index contributed by atoms with van der Waals surface area (Å²) in [6, 6.07) is 7.25. The average Bonchev–Trinajstić information content (AvgIpc) is 3.05. The zero-order valence-electron chi connectivity index (χ0n) is 14.0. The lowest BCUT2D eigenvalue weighted by Crippen LogP contribution is -2.14. The molecule has 130 valence electrons. The van der Waals surface area contributed by atoms with Crippen LogP contribution in [0.15, 0.2) is 35.6 Å². The van der Waals surface area contributed by atoms with Crippen LogP contribution in [0.5, 0.6) is 5.75 Å². The Morgan fingerprint density at radius 2 is 2.20 bits per heavy atom. The first kappa shape index (κ1) is 17.4. The summed E-state index contributed by atoms with van der Waals surface area (Å²) in [4.78, 5) is 27.1. The molecule has 9 heteroatoms. The molecule has 0 aliphatic rings. The highest BCUT2D eigenvalue weighted by Gasteiger charge is 2.13. The zero-order chi connectivity index (χ0) is 17.8. The van der Waals surface area contributed by atoms with Crippen LogP contribution in [0.1, 0.15) is 0 Å². The van der Waals surface area contributed by atoms with Crippen molar-refractivity contribution in [2.24, 2.45) is 0 Å². The van der Waals surface area contributed by atoms with E-state index in [0.717, 1.165) is 14.9 Å². The topological polar surface area (TPSA) is 80.2 Å². The van der Waals surface area contributed by atoms with E-state index < -0.39 is 0 Å². The summed E-state index contributed by atoms with van der Waals surface area (Å²) >= 11 is 2.88. The fourth-order valence-electron chi connectivity index (χ4n) is 2.05. The molecule has 0 atom stereocenters. The number of ether oxygens (including phenoxy) is 1. The van der Waals surface area contributed by atoms with Gasteiger partial charge in [-0.05, 0) is 12.1 Å². The Balaban J connectivity index is 1.68. The van der Waals surface area contributed by atoms with Crippen LogP contribution in [-0.2, 0) is 4.79 Å². The highest BCUT2D eigenvalue weighted by atomic mass is 32.2. The van der Waals surface area contributed by atoms with Gasteiger partial charge in [0.15, 0.2) is 10.8 Å². The van der Waals surface area contributed by atoms with E-state index in [9.17, 15) is 4.79 Å². The normalized spacial score (nSPS) is 10.7. The van der Waals surface area contributed by atoms with Gasteiger partial charge in [-0.1, -0.05) is 29.2 Å². The molecule has 0 aliphatic carbocycles. The Morgan fingerprint density at radius 3 is 2.96 bits per heavy atom. The van der Waals surface area contributed by atoms with Gasteiger partial charge in [0.05, 0.1) is 12.9 Å². The predicted molar refractivity (Wildman–Crippen MR) is 102 cm³/mol.